The zero-order valence-corrected chi connectivity index (χ0v) is 11.9. The highest BCUT2D eigenvalue weighted by molar-refractivity contribution is 14.1. The smallest absolute Gasteiger partial charge is 0.262 e. The summed E-state index contributed by atoms with van der Waals surface area (Å²) in [5, 5.41) is 0. The van der Waals surface area contributed by atoms with E-state index < -0.39 is 5.82 Å². The first-order chi connectivity index (χ1) is 8.61. The molecule has 0 spiro atoms. The number of benzene rings is 2. The molecule has 0 unspecified atom stereocenters. The Morgan fingerprint density at radius 3 is 2.39 bits per heavy atom. The van der Waals surface area contributed by atoms with Crippen LogP contribution in [0.25, 0.3) is 0 Å². The molecule has 0 atom stereocenters. The number of hydrogen-bond donors (Lipinski definition) is 0. The van der Waals surface area contributed by atoms with E-state index in [1.165, 1.54) is 11.0 Å². The fraction of sp³-hybridized carbons (Fsp3) is 0.0714. The van der Waals surface area contributed by atoms with Gasteiger partial charge in [0.05, 0.1) is 5.56 Å². The Labute approximate surface area is 119 Å². The van der Waals surface area contributed by atoms with Crippen LogP contribution >= 0.6 is 22.6 Å². The monoisotopic (exact) mass is 355 g/mol. The molecule has 0 N–H and O–H groups in total. The van der Waals surface area contributed by atoms with Crippen molar-refractivity contribution in [1.82, 2.24) is 0 Å². The van der Waals surface area contributed by atoms with Gasteiger partial charge in [-0.05, 0) is 46.9 Å². The van der Waals surface area contributed by atoms with E-state index in [4.69, 9.17) is 0 Å². The van der Waals surface area contributed by atoms with Gasteiger partial charge in [0, 0.05) is 16.3 Å². The van der Waals surface area contributed by atoms with Crippen molar-refractivity contribution in [2.75, 3.05) is 11.9 Å². The second-order valence-electron chi connectivity index (χ2n) is 3.80. The second-order valence-corrected chi connectivity index (χ2v) is 4.96. The van der Waals surface area contributed by atoms with Crippen LogP contribution in [0.15, 0.2) is 48.5 Å². The van der Waals surface area contributed by atoms with Crippen molar-refractivity contribution >= 4 is 34.2 Å². The quantitative estimate of drug-likeness (QED) is 0.753. The molecule has 0 aliphatic carbocycles. The lowest BCUT2D eigenvalue weighted by Crippen LogP contribution is -2.27. The number of para-hydroxylation sites is 1. The molecule has 0 aliphatic heterocycles. The normalized spacial score (nSPS) is 10.2. The highest BCUT2D eigenvalue weighted by Crippen LogP contribution is 2.20. The van der Waals surface area contributed by atoms with Crippen LogP contribution in [-0.2, 0) is 0 Å². The summed E-state index contributed by atoms with van der Waals surface area (Å²) in [5.74, 6) is -0.835. The summed E-state index contributed by atoms with van der Waals surface area (Å²) in [5.41, 5.74) is 0.853. The summed E-state index contributed by atoms with van der Waals surface area (Å²) in [6, 6.07) is 13.8. The van der Waals surface area contributed by atoms with E-state index in [2.05, 4.69) is 0 Å². The number of halogens is 2. The van der Waals surface area contributed by atoms with Crippen LogP contribution in [0, 0.1) is 9.39 Å². The van der Waals surface area contributed by atoms with Crippen molar-refractivity contribution in [3.63, 3.8) is 0 Å². The summed E-state index contributed by atoms with van der Waals surface area (Å²) in [6.07, 6.45) is 0. The third-order valence-corrected chi connectivity index (χ3v) is 3.52. The van der Waals surface area contributed by atoms with Crippen LogP contribution in [0.5, 0.6) is 0 Å². The Morgan fingerprint density at radius 2 is 1.78 bits per heavy atom. The first-order valence-corrected chi connectivity index (χ1v) is 6.46. The summed E-state index contributed by atoms with van der Waals surface area (Å²) >= 11 is 1.97. The largest absolute Gasteiger partial charge is 0.311 e. The summed E-state index contributed by atoms with van der Waals surface area (Å²) < 4.78 is 14.3. The van der Waals surface area contributed by atoms with Crippen molar-refractivity contribution in [3.8, 4) is 0 Å². The zero-order valence-electron chi connectivity index (χ0n) is 9.73. The van der Waals surface area contributed by atoms with E-state index in [0.717, 1.165) is 5.69 Å². The van der Waals surface area contributed by atoms with Crippen LogP contribution in [-0.4, -0.2) is 13.0 Å². The van der Waals surface area contributed by atoms with E-state index in [-0.39, 0.29) is 11.5 Å². The molecule has 0 fully saturated rings. The topological polar surface area (TPSA) is 20.3 Å². The van der Waals surface area contributed by atoms with Gasteiger partial charge in [-0.3, -0.25) is 4.79 Å². The molecule has 0 aliphatic rings. The lowest BCUT2D eigenvalue weighted by molar-refractivity contribution is 0.0988. The minimum absolute atomic E-state index is 0.115. The molecule has 0 radical (unpaired) electrons. The Bertz CT molecular complexity index is 551. The van der Waals surface area contributed by atoms with Gasteiger partial charge < -0.3 is 4.90 Å². The molecule has 1 amide bonds. The van der Waals surface area contributed by atoms with Gasteiger partial charge >= 0.3 is 0 Å². The lowest BCUT2D eigenvalue weighted by Gasteiger charge is -2.18. The van der Waals surface area contributed by atoms with Crippen LogP contribution in [0.4, 0.5) is 10.1 Å². The first kappa shape index (κ1) is 13.0. The van der Waals surface area contributed by atoms with Gasteiger partial charge in [0.15, 0.2) is 0 Å². The van der Waals surface area contributed by atoms with Gasteiger partial charge in [-0.1, -0.05) is 24.3 Å². The molecule has 2 aromatic carbocycles. The molecule has 0 bridgehead atoms. The van der Waals surface area contributed by atoms with Gasteiger partial charge in [0.25, 0.3) is 5.91 Å². The maximum Gasteiger partial charge on any atom is 0.262 e. The Balaban J connectivity index is 2.38. The molecule has 0 saturated carbocycles. The number of hydrogen-bond acceptors (Lipinski definition) is 1. The molecule has 0 aromatic heterocycles. The Hall–Kier alpha value is -1.43. The maximum atomic E-state index is 13.7. The number of anilines is 1. The number of carbonyl (C=O) groups excluding carboxylic acids is 1. The van der Waals surface area contributed by atoms with Gasteiger partial charge in [-0.25, -0.2) is 4.39 Å². The van der Waals surface area contributed by atoms with E-state index >= 15 is 0 Å². The number of nitrogens with zero attached hydrogens (tertiary/aromatic N) is 1. The predicted octanol–water partition coefficient (Wildman–Crippen LogP) is 3.71. The molecule has 0 saturated heterocycles. The number of carbonyl (C=O) groups is 1. The molecule has 2 aromatic rings. The van der Waals surface area contributed by atoms with Crippen molar-refractivity contribution in [2.24, 2.45) is 0 Å². The number of amides is 1. The van der Waals surface area contributed by atoms with E-state index in [0.29, 0.717) is 3.57 Å². The van der Waals surface area contributed by atoms with Crippen molar-refractivity contribution in [1.29, 1.82) is 0 Å². The standard InChI is InChI=1S/C14H11FINO/c1-17(10-6-3-2-4-7-10)14(18)13-11(15)8-5-9-12(13)16/h2-9H,1H3. The first-order valence-electron chi connectivity index (χ1n) is 5.38. The van der Waals surface area contributed by atoms with E-state index in [1.807, 2.05) is 52.9 Å². The van der Waals surface area contributed by atoms with Crippen LogP contribution in [0.2, 0.25) is 0 Å². The van der Waals surface area contributed by atoms with Gasteiger partial charge in [0.1, 0.15) is 5.82 Å². The van der Waals surface area contributed by atoms with Crippen LogP contribution in [0.3, 0.4) is 0 Å². The molecule has 0 heterocycles. The minimum atomic E-state index is -0.491. The van der Waals surface area contributed by atoms with E-state index in [1.54, 1.807) is 19.2 Å². The average molecular weight is 355 g/mol. The molecule has 2 nitrogen and oxygen atoms in total. The van der Waals surface area contributed by atoms with E-state index in [9.17, 15) is 9.18 Å². The highest BCUT2D eigenvalue weighted by atomic mass is 127. The fourth-order valence-electron chi connectivity index (χ4n) is 1.64. The number of rotatable bonds is 2. The lowest BCUT2D eigenvalue weighted by atomic mass is 10.1. The van der Waals surface area contributed by atoms with Crippen LogP contribution < -0.4 is 4.90 Å². The minimum Gasteiger partial charge on any atom is -0.311 e. The highest BCUT2D eigenvalue weighted by Gasteiger charge is 2.19. The summed E-state index contributed by atoms with van der Waals surface area (Å²) in [6.45, 7) is 0. The van der Waals surface area contributed by atoms with Gasteiger partial charge in [-0.2, -0.15) is 0 Å². The SMILES string of the molecule is CN(C(=O)c1c(F)cccc1I)c1ccccc1. The summed E-state index contributed by atoms with van der Waals surface area (Å²) in [7, 11) is 1.64. The predicted molar refractivity (Wildman–Crippen MR) is 78.3 cm³/mol. The molecule has 92 valence electrons. The fourth-order valence-corrected chi connectivity index (χ4v) is 2.33. The molecular weight excluding hydrogens is 344 g/mol. The van der Waals surface area contributed by atoms with Crippen LogP contribution in [0.1, 0.15) is 10.4 Å². The van der Waals surface area contributed by atoms with Gasteiger partial charge in [-0.15, -0.1) is 0 Å². The third-order valence-electron chi connectivity index (χ3n) is 2.62. The summed E-state index contributed by atoms with van der Waals surface area (Å²) in [4.78, 5) is 13.7. The second kappa shape index (κ2) is 5.48. The molecule has 4 heteroatoms. The van der Waals surface area contributed by atoms with Crippen molar-refractivity contribution < 1.29 is 9.18 Å². The Kier molecular flexibility index (Phi) is 3.96. The van der Waals surface area contributed by atoms with Crippen molar-refractivity contribution in [2.45, 2.75) is 0 Å². The molecule has 18 heavy (non-hydrogen) atoms. The van der Waals surface area contributed by atoms with Crippen molar-refractivity contribution in [3.05, 3.63) is 63.5 Å². The average Bonchev–Trinajstić information content (AvgIpc) is 2.38. The molecule has 2 rings (SSSR count). The van der Waals surface area contributed by atoms with Gasteiger partial charge in [0.2, 0.25) is 0 Å². The maximum absolute atomic E-state index is 13.7. The molecular formula is C14H11FINO. The Morgan fingerprint density at radius 1 is 1.11 bits per heavy atom. The third kappa shape index (κ3) is 2.53. The zero-order chi connectivity index (χ0) is 13.1.